The maximum absolute atomic E-state index is 14.7. The number of carbonyl (C=O) groups is 1. The van der Waals surface area contributed by atoms with Crippen LogP contribution in [0.2, 0.25) is 0 Å². The standard InChI is InChI=1S/C18H27ClFN5O3/c1-18(2,3)28-17(26)24-8-4-5-12(10-24)25(14-6-7-21-11-23-14)16-15(20)22-9-13(19)27-16/h6-7,11-13,15-16,22H,4-5,8-10H2,1-3H3. The Morgan fingerprint density at radius 3 is 2.96 bits per heavy atom. The van der Waals surface area contributed by atoms with Gasteiger partial charge in [0, 0.05) is 25.8 Å². The highest BCUT2D eigenvalue weighted by atomic mass is 35.5. The summed E-state index contributed by atoms with van der Waals surface area (Å²) >= 11 is 6.10. The van der Waals surface area contributed by atoms with Crippen molar-refractivity contribution in [2.45, 2.75) is 63.3 Å². The molecule has 4 atom stereocenters. The number of aromatic nitrogens is 2. The maximum atomic E-state index is 14.7. The first-order valence-corrected chi connectivity index (χ1v) is 9.87. The number of halogens is 2. The lowest BCUT2D eigenvalue weighted by molar-refractivity contribution is -0.0716. The number of likely N-dealkylation sites (tertiary alicyclic amines) is 1. The quantitative estimate of drug-likeness (QED) is 0.600. The summed E-state index contributed by atoms with van der Waals surface area (Å²) < 4.78 is 25.9. The Hall–Kier alpha value is -1.71. The van der Waals surface area contributed by atoms with Crippen molar-refractivity contribution in [3.8, 4) is 0 Å². The van der Waals surface area contributed by atoms with Gasteiger partial charge in [0.2, 0.25) is 0 Å². The number of ether oxygens (including phenoxy) is 2. The van der Waals surface area contributed by atoms with Gasteiger partial charge in [-0.3, -0.25) is 5.32 Å². The van der Waals surface area contributed by atoms with Crippen molar-refractivity contribution in [2.75, 3.05) is 24.5 Å². The van der Waals surface area contributed by atoms with E-state index < -0.39 is 23.7 Å². The minimum atomic E-state index is -1.44. The van der Waals surface area contributed by atoms with Crippen molar-refractivity contribution < 1.29 is 18.7 Å². The second-order valence-electron chi connectivity index (χ2n) is 7.94. The molecule has 8 nitrogen and oxygen atoms in total. The summed E-state index contributed by atoms with van der Waals surface area (Å²) in [5.41, 5.74) is -1.24. The summed E-state index contributed by atoms with van der Waals surface area (Å²) in [6.45, 7) is 6.66. The van der Waals surface area contributed by atoms with Gasteiger partial charge in [-0.2, -0.15) is 0 Å². The molecule has 0 spiro atoms. The first-order chi connectivity index (χ1) is 13.2. The SMILES string of the molecule is CC(C)(C)OC(=O)N1CCCC(N(c2ccncn2)C2OC(Cl)CNC2F)C1. The minimum absolute atomic E-state index is 0.205. The topological polar surface area (TPSA) is 79.8 Å². The Balaban J connectivity index is 1.82. The molecule has 156 valence electrons. The molecule has 2 aliphatic rings. The number of morpholine rings is 1. The first kappa shape index (κ1) is 21.0. The number of piperidine rings is 1. The Labute approximate surface area is 169 Å². The van der Waals surface area contributed by atoms with Gasteiger partial charge in [0.05, 0.1) is 6.04 Å². The minimum Gasteiger partial charge on any atom is -0.444 e. The van der Waals surface area contributed by atoms with Crippen LogP contribution in [0, 0.1) is 0 Å². The maximum Gasteiger partial charge on any atom is 0.410 e. The van der Waals surface area contributed by atoms with Gasteiger partial charge in [-0.1, -0.05) is 11.6 Å². The fraction of sp³-hybridized carbons (Fsp3) is 0.722. The predicted molar refractivity (Wildman–Crippen MR) is 103 cm³/mol. The molecule has 1 aromatic heterocycles. The van der Waals surface area contributed by atoms with Gasteiger partial charge in [0.1, 0.15) is 23.3 Å². The van der Waals surface area contributed by atoms with Crippen LogP contribution >= 0.6 is 11.6 Å². The summed E-state index contributed by atoms with van der Waals surface area (Å²) in [4.78, 5) is 24.2. The van der Waals surface area contributed by atoms with E-state index in [1.165, 1.54) is 6.33 Å². The Morgan fingerprint density at radius 2 is 2.29 bits per heavy atom. The number of hydrogen-bond acceptors (Lipinski definition) is 7. The number of hydrogen-bond donors (Lipinski definition) is 1. The molecule has 2 fully saturated rings. The highest BCUT2D eigenvalue weighted by Gasteiger charge is 2.41. The third kappa shape index (κ3) is 5.21. The summed E-state index contributed by atoms with van der Waals surface area (Å²) in [5, 5.41) is 2.72. The summed E-state index contributed by atoms with van der Waals surface area (Å²) in [6, 6.07) is 1.49. The van der Waals surface area contributed by atoms with Crippen LogP contribution in [-0.2, 0) is 9.47 Å². The summed E-state index contributed by atoms with van der Waals surface area (Å²) in [6.07, 6.45) is 1.71. The van der Waals surface area contributed by atoms with Crippen LogP contribution in [0.15, 0.2) is 18.6 Å². The molecule has 10 heteroatoms. The van der Waals surface area contributed by atoms with E-state index in [1.807, 2.05) is 20.8 Å². The van der Waals surface area contributed by atoms with Crippen LogP contribution in [-0.4, -0.2) is 70.3 Å². The zero-order chi connectivity index (χ0) is 20.3. The van der Waals surface area contributed by atoms with E-state index in [2.05, 4.69) is 15.3 Å². The van der Waals surface area contributed by atoms with Crippen LogP contribution in [0.1, 0.15) is 33.6 Å². The smallest absolute Gasteiger partial charge is 0.410 e. The second-order valence-corrected chi connectivity index (χ2v) is 8.43. The number of nitrogens with zero attached hydrogens (tertiary/aromatic N) is 4. The highest BCUT2D eigenvalue weighted by Crippen LogP contribution is 2.29. The largest absolute Gasteiger partial charge is 0.444 e. The Kier molecular flexibility index (Phi) is 6.57. The molecule has 3 rings (SSSR count). The molecule has 0 aliphatic carbocycles. The molecule has 0 saturated carbocycles. The third-order valence-corrected chi connectivity index (χ3v) is 4.81. The van der Waals surface area contributed by atoms with Crippen LogP contribution in [0.5, 0.6) is 0 Å². The number of nitrogens with one attached hydrogen (secondary N) is 1. The van der Waals surface area contributed by atoms with E-state index >= 15 is 0 Å². The molecular formula is C18H27ClFN5O3. The second kappa shape index (κ2) is 8.75. The van der Waals surface area contributed by atoms with E-state index in [4.69, 9.17) is 21.1 Å². The van der Waals surface area contributed by atoms with Gasteiger partial charge in [-0.15, -0.1) is 0 Å². The zero-order valence-corrected chi connectivity index (χ0v) is 17.1. The fourth-order valence-electron chi connectivity index (χ4n) is 3.42. The summed E-state index contributed by atoms with van der Waals surface area (Å²) in [5.74, 6) is 0.520. The lowest BCUT2D eigenvalue weighted by Crippen LogP contribution is -2.62. The van der Waals surface area contributed by atoms with E-state index in [1.54, 1.807) is 22.1 Å². The number of carbonyl (C=O) groups excluding carboxylic acids is 1. The van der Waals surface area contributed by atoms with E-state index in [9.17, 15) is 9.18 Å². The molecule has 0 radical (unpaired) electrons. The fourth-order valence-corrected chi connectivity index (χ4v) is 3.61. The number of alkyl halides is 2. The number of rotatable bonds is 3. The van der Waals surface area contributed by atoms with Gasteiger partial charge in [0.25, 0.3) is 0 Å². The predicted octanol–water partition coefficient (Wildman–Crippen LogP) is 2.49. The van der Waals surface area contributed by atoms with Crippen LogP contribution in [0.3, 0.4) is 0 Å². The summed E-state index contributed by atoms with van der Waals surface area (Å²) in [7, 11) is 0. The molecule has 0 bridgehead atoms. The first-order valence-electron chi connectivity index (χ1n) is 9.44. The van der Waals surface area contributed by atoms with E-state index in [0.717, 1.165) is 12.8 Å². The monoisotopic (exact) mass is 415 g/mol. The molecule has 0 aromatic carbocycles. The number of amides is 1. The van der Waals surface area contributed by atoms with Crippen LogP contribution in [0.25, 0.3) is 0 Å². The lowest BCUT2D eigenvalue weighted by Gasteiger charge is -2.46. The average Bonchev–Trinajstić information content (AvgIpc) is 2.65. The van der Waals surface area contributed by atoms with E-state index in [0.29, 0.717) is 18.9 Å². The molecule has 3 heterocycles. The van der Waals surface area contributed by atoms with Crippen LogP contribution < -0.4 is 10.2 Å². The molecule has 2 aliphatic heterocycles. The molecule has 1 aromatic rings. The van der Waals surface area contributed by atoms with Crippen molar-refractivity contribution in [2.24, 2.45) is 0 Å². The third-order valence-electron chi connectivity index (χ3n) is 4.56. The number of anilines is 1. The van der Waals surface area contributed by atoms with Gasteiger partial charge in [0.15, 0.2) is 12.5 Å². The van der Waals surface area contributed by atoms with Crippen molar-refractivity contribution in [1.29, 1.82) is 0 Å². The van der Waals surface area contributed by atoms with Gasteiger partial charge in [-0.25, -0.2) is 19.2 Å². The normalized spacial score (nSPS) is 28.7. The molecule has 28 heavy (non-hydrogen) atoms. The van der Waals surface area contributed by atoms with Crippen molar-refractivity contribution in [3.05, 3.63) is 18.6 Å². The molecule has 1 N–H and O–H groups in total. The van der Waals surface area contributed by atoms with E-state index in [-0.39, 0.29) is 18.7 Å². The van der Waals surface area contributed by atoms with Crippen molar-refractivity contribution >= 4 is 23.5 Å². The zero-order valence-electron chi connectivity index (χ0n) is 16.3. The van der Waals surface area contributed by atoms with Crippen LogP contribution in [0.4, 0.5) is 15.0 Å². The van der Waals surface area contributed by atoms with Gasteiger partial charge in [-0.05, 0) is 39.7 Å². The molecule has 2 saturated heterocycles. The van der Waals surface area contributed by atoms with Crippen molar-refractivity contribution in [3.63, 3.8) is 0 Å². The Bertz CT molecular complexity index is 662. The highest BCUT2D eigenvalue weighted by molar-refractivity contribution is 6.19. The lowest BCUT2D eigenvalue weighted by atomic mass is 10.0. The Morgan fingerprint density at radius 1 is 1.50 bits per heavy atom. The molecule has 1 amide bonds. The van der Waals surface area contributed by atoms with Gasteiger partial charge < -0.3 is 19.3 Å². The van der Waals surface area contributed by atoms with Crippen molar-refractivity contribution in [1.82, 2.24) is 20.2 Å². The molecular weight excluding hydrogens is 389 g/mol. The van der Waals surface area contributed by atoms with Gasteiger partial charge >= 0.3 is 6.09 Å². The average molecular weight is 416 g/mol. The molecule has 4 unspecified atom stereocenters.